The molecule has 3 aromatic heterocycles. The van der Waals surface area contributed by atoms with Crippen LogP contribution in [-0.4, -0.2) is 52.8 Å². The number of fused-ring (bicyclic) bond motifs is 1. The number of hydrogen-bond donors (Lipinski definition) is 1. The number of nitrogens with one attached hydrogen (secondary N) is 1. The summed E-state index contributed by atoms with van der Waals surface area (Å²) in [6, 6.07) is 4.23. The summed E-state index contributed by atoms with van der Waals surface area (Å²) in [7, 11) is 3.72. The second kappa shape index (κ2) is 10.4. The van der Waals surface area contributed by atoms with Crippen molar-refractivity contribution in [3.05, 3.63) is 33.6 Å². The molecule has 160 valence electrons. The Morgan fingerprint density at radius 1 is 1.28 bits per heavy atom. The van der Waals surface area contributed by atoms with E-state index in [0.29, 0.717) is 12.1 Å². The standard InChI is InChI=1S/C20H27N5OS.2ClH/c1-12(2)25-19-17(11-22-25)16(20(26)24(6)8-7-21-5)10-18(23-19)15-9-13(3)27-14(15)4;;/h9-12,21H,7-8H2,1-6H3;2*1H. The molecule has 0 aromatic carbocycles. The molecule has 0 radical (unpaired) electrons. The zero-order chi connectivity index (χ0) is 19.7. The van der Waals surface area contributed by atoms with E-state index in [1.807, 2.05) is 24.8 Å². The fourth-order valence-electron chi connectivity index (χ4n) is 3.18. The second-order valence-corrected chi connectivity index (χ2v) is 8.59. The van der Waals surface area contributed by atoms with Gasteiger partial charge in [-0.05, 0) is 46.9 Å². The van der Waals surface area contributed by atoms with Crippen molar-refractivity contribution < 1.29 is 4.79 Å². The minimum atomic E-state index is -0.00758. The molecule has 0 aliphatic carbocycles. The highest BCUT2D eigenvalue weighted by molar-refractivity contribution is 7.12. The number of aromatic nitrogens is 3. The number of amides is 1. The molecule has 0 atom stereocenters. The molecule has 1 N–H and O–H groups in total. The lowest BCUT2D eigenvalue weighted by atomic mass is 10.1. The van der Waals surface area contributed by atoms with Crippen molar-refractivity contribution in [3.8, 4) is 11.3 Å². The third kappa shape index (κ3) is 5.09. The number of carbonyl (C=O) groups is 1. The van der Waals surface area contributed by atoms with Gasteiger partial charge in [0.2, 0.25) is 0 Å². The molecular weight excluding hydrogens is 429 g/mol. The van der Waals surface area contributed by atoms with Crippen molar-refractivity contribution in [1.82, 2.24) is 25.0 Å². The second-order valence-electron chi connectivity index (χ2n) is 7.13. The Balaban J connectivity index is 0.00000210. The average Bonchev–Trinajstić information content (AvgIpc) is 3.20. The van der Waals surface area contributed by atoms with Crippen LogP contribution < -0.4 is 5.32 Å². The van der Waals surface area contributed by atoms with Gasteiger partial charge in [0.25, 0.3) is 5.91 Å². The van der Waals surface area contributed by atoms with Crippen LogP contribution in [0.2, 0.25) is 0 Å². The number of halogens is 2. The summed E-state index contributed by atoms with van der Waals surface area (Å²) in [6.45, 7) is 9.72. The van der Waals surface area contributed by atoms with E-state index >= 15 is 0 Å². The molecule has 3 rings (SSSR count). The zero-order valence-corrected chi connectivity index (χ0v) is 20.1. The van der Waals surface area contributed by atoms with Crippen molar-refractivity contribution in [1.29, 1.82) is 0 Å². The highest BCUT2D eigenvalue weighted by Gasteiger charge is 2.21. The minimum Gasteiger partial charge on any atom is -0.340 e. The summed E-state index contributed by atoms with van der Waals surface area (Å²) in [5.41, 5.74) is 3.33. The van der Waals surface area contributed by atoms with Crippen molar-refractivity contribution in [2.45, 2.75) is 33.7 Å². The molecule has 9 heteroatoms. The number of likely N-dealkylation sites (N-methyl/N-ethyl adjacent to an activating group) is 2. The minimum absolute atomic E-state index is 0. The number of rotatable bonds is 6. The zero-order valence-electron chi connectivity index (χ0n) is 17.6. The molecule has 3 aromatic rings. The van der Waals surface area contributed by atoms with Crippen LogP contribution in [0, 0.1) is 13.8 Å². The van der Waals surface area contributed by atoms with Gasteiger partial charge < -0.3 is 10.2 Å². The molecule has 0 spiro atoms. The molecule has 0 aliphatic rings. The summed E-state index contributed by atoms with van der Waals surface area (Å²) in [5.74, 6) is -0.00758. The van der Waals surface area contributed by atoms with Gasteiger partial charge in [-0.2, -0.15) is 5.10 Å². The predicted octanol–water partition coefficient (Wildman–Crippen LogP) is 4.49. The maximum absolute atomic E-state index is 13.2. The number of hydrogen-bond acceptors (Lipinski definition) is 5. The Kier molecular flexibility index (Phi) is 9.09. The highest BCUT2D eigenvalue weighted by Crippen LogP contribution is 2.32. The quantitative estimate of drug-likeness (QED) is 0.591. The lowest BCUT2D eigenvalue weighted by Gasteiger charge is -2.18. The topological polar surface area (TPSA) is 63.1 Å². The van der Waals surface area contributed by atoms with E-state index in [4.69, 9.17) is 4.98 Å². The molecule has 0 unspecified atom stereocenters. The summed E-state index contributed by atoms with van der Waals surface area (Å²) in [5, 5.41) is 8.39. The van der Waals surface area contributed by atoms with Gasteiger partial charge in [-0.15, -0.1) is 36.2 Å². The monoisotopic (exact) mass is 457 g/mol. The van der Waals surface area contributed by atoms with Crippen LogP contribution in [0.1, 0.15) is 40.0 Å². The molecule has 3 heterocycles. The molecule has 0 fully saturated rings. The Morgan fingerprint density at radius 2 is 1.97 bits per heavy atom. The van der Waals surface area contributed by atoms with E-state index in [1.165, 1.54) is 9.75 Å². The Hall–Kier alpha value is -1.67. The maximum atomic E-state index is 13.2. The van der Waals surface area contributed by atoms with E-state index in [9.17, 15) is 4.79 Å². The molecule has 6 nitrogen and oxygen atoms in total. The van der Waals surface area contributed by atoms with Gasteiger partial charge in [0.1, 0.15) is 0 Å². The molecular formula is C20H29Cl2N5OS. The van der Waals surface area contributed by atoms with Gasteiger partial charge in [0.05, 0.1) is 22.8 Å². The Bertz CT molecular complexity index is 983. The van der Waals surface area contributed by atoms with Crippen LogP contribution in [0.4, 0.5) is 0 Å². The molecule has 0 saturated heterocycles. The number of carbonyl (C=O) groups excluding carboxylic acids is 1. The van der Waals surface area contributed by atoms with E-state index in [-0.39, 0.29) is 36.8 Å². The van der Waals surface area contributed by atoms with Gasteiger partial charge in [0.15, 0.2) is 5.65 Å². The van der Waals surface area contributed by atoms with Gasteiger partial charge in [-0.3, -0.25) is 4.79 Å². The first-order valence-corrected chi connectivity index (χ1v) is 10.0. The number of nitrogens with zero attached hydrogens (tertiary/aromatic N) is 4. The van der Waals surface area contributed by atoms with Crippen LogP contribution in [0.3, 0.4) is 0 Å². The molecule has 0 aliphatic heterocycles. The van der Waals surface area contributed by atoms with Crippen molar-refractivity contribution in [2.75, 3.05) is 27.2 Å². The third-order valence-electron chi connectivity index (χ3n) is 4.65. The number of aryl methyl sites for hydroxylation is 2. The highest BCUT2D eigenvalue weighted by atomic mass is 35.5. The van der Waals surface area contributed by atoms with E-state index in [0.717, 1.165) is 28.8 Å². The Labute approximate surface area is 188 Å². The molecule has 0 bridgehead atoms. The van der Waals surface area contributed by atoms with Gasteiger partial charge in [0, 0.05) is 41.5 Å². The van der Waals surface area contributed by atoms with E-state index < -0.39 is 0 Å². The predicted molar refractivity (Wildman–Crippen MR) is 126 cm³/mol. The van der Waals surface area contributed by atoms with Crippen LogP contribution in [0.5, 0.6) is 0 Å². The summed E-state index contributed by atoms with van der Waals surface area (Å²) in [4.78, 5) is 22.2. The normalized spacial score (nSPS) is 10.7. The van der Waals surface area contributed by atoms with Gasteiger partial charge in [-0.25, -0.2) is 9.67 Å². The first kappa shape index (κ1) is 25.4. The van der Waals surface area contributed by atoms with Gasteiger partial charge >= 0.3 is 0 Å². The summed E-state index contributed by atoms with van der Waals surface area (Å²) in [6.07, 6.45) is 1.76. The van der Waals surface area contributed by atoms with Crippen LogP contribution >= 0.6 is 36.2 Å². The van der Waals surface area contributed by atoms with Crippen molar-refractivity contribution >= 4 is 53.1 Å². The summed E-state index contributed by atoms with van der Waals surface area (Å²) >= 11 is 1.75. The van der Waals surface area contributed by atoms with Crippen molar-refractivity contribution in [3.63, 3.8) is 0 Å². The van der Waals surface area contributed by atoms with Crippen LogP contribution in [0.15, 0.2) is 18.3 Å². The fraction of sp³-hybridized carbons (Fsp3) is 0.450. The van der Waals surface area contributed by atoms with Crippen LogP contribution in [0.25, 0.3) is 22.3 Å². The van der Waals surface area contributed by atoms with E-state index in [1.54, 1.807) is 22.4 Å². The average molecular weight is 458 g/mol. The lowest BCUT2D eigenvalue weighted by Crippen LogP contribution is -2.33. The number of thiophene rings is 1. The van der Waals surface area contributed by atoms with E-state index in [2.05, 4.69) is 44.2 Å². The van der Waals surface area contributed by atoms with Crippen molar-refractivity contribution in [2.24, 2.45) is 0 Å². The fourth-order valence-corrected chi connectivity index (χ4v) is 4.12. The third-order valence-corrected chi connectivity index (χ3v) is 5.61. The number of pyridine rings is 1. The first-order valence-electron chi connectivity index (χ1n) is 9.19. The smallest absolute Gasteiger partial charge is 0.254 e. The Morgan fingerprint density at radius 3 is 2.52 bits per heavy atom. The largest absolute Gasteiger partial charge is 0.340 e. The molecule has 1 amide bonds. The first-order chi connectivity index (χ1) is 12.8. The van der Waals surface area contributed by atoms with Crippen LogP contribution in [-0.2, 0) is 0 Å². The maximum Gasteiger partial charge on any atom is 0.254 e. The van der Waals surface area contributed by atoms with Gasteiger partial charge in [-0.1, -0.05) is 0 Å². The molecule has 0 saturated carbocycles. The lowest BCUT2D eigenvalue weighted by molar-refractivity contribution is 0.0798. The SMILES string of the molecule is CNCCN(C)C(=O)c1cc(-c2cc(C)sc2C)nc2c1cnn2C(C)C.Cl.Cl. The summed E-state index contributed by atoms with van der Waals surface area (Å²) < 4.78 is 1.89. The molecule has 29 heavy (non-hydrogen) atoms.